The van der Waals surface area contributed by atoms with Crippen molar-refractivity contribution in [3.63, 3.8) is 0 Å². The number of hydrogen-bond donors (Lipinski definition) is 1. The number of likely N-dealkylation sites (N-methyl/N-ethyl adjacent to an activating group) is 1. The Morgan fingerprint density at radius 2 is 1.47 bits per heavy atom. The van der Waals surface area contributed by atoms with Crippen molar-refractivity contribution >= 4 is 17.6 Å². The number of rotatable bonds is 7. The first-order chi connectivity index (χ1) is 16.4. The Bertz CT molecular complexity index is 1200. The summed E-state index contributed by atoms with van der Waals surface area (Å²) in [5, 5.41) is 2.80. The van der Waals surface area contributed by atoms with E-state index in [1.54, 1.807) is 80.8 Å². The van der Waals surface area contributed by atoms with E-state index in [0.29, 0.717) is 28.2 Å². The van der Waals surface area contributed by atoms with Gasteiger partial charge in [-0.15, -0.1) is 0 Å². The van der Waals surface area contributed by atoms with Gasteiger partial charge in [0.25, 0.3) is 5.91 Å². The molecule has 0 bridgehead atoms. The number of nitrogens with zero attached hydrogens (tertiary/aromatic N) is 1. The standard InChI is InChI=1S/C27H26N2O5/c1-29-25(18-10-14-20(34-3)15-11-18)24(21-6-4-5-7-22(21)27(29)32)26(31)28-16-23(30)17-8-12-19(33-2)13-9-17/h4-15,24-25H,16H2,1-3H3,(H,28,31)/t24-,25+/m0/s1. The predicted molar refractivity (Wildman–Crippen MR) is 127 cm³/mol. The summed E-state index contributed by atoms with van der Waals surface area (Å²) in [5.74, 6) is -0.0554. The molecule has 4 rings (SSSR count). The van der Waals surface area contributed by atoms with Crippen LogP contribution in [0.25, 0.3) is 0 Å². The van der Waals surface area contributed by atoms with Gasteiger partial charge >= 0.3 is 0 Å². The Kier molecular flexibility index (Phi) is 6.63. The Morgan fingerprint density at radius 3 is 2.09 bits per heavy atom. The number of hydrogen-bond acceptors (Lipinski definition) is 5. The van der Waals surface area contributed by atoms with Crippen LogP contribution in [0.1, 0.15) is 43.8 Å². The lowest BCUT2D eigenvalue weighted by Crippen LogP contribution is -2.46. The van der Waals surface area contributed by atoms with Crippen LogP contribution < -0.4 is 14.8 Å². The SMILES string of the molecule is COc1ccc(C(=O)CNC(=O)[C@H]2c3ccccc3C(=O)N(C)[C@@H]2c2ccc(OC)cc2)cc1. The molecule has 1 N–H and O–H groups in total. The van der Waals surface area contributed by atoms with Gasteiger partial charge in [0.2, 0.25) is 5.91 Å². The monoisotopic (exact) mass is 458 g/mol. The van der Waals surface area contributed by atoms with Crippen LogP contribution in [0.4, 0.5) is 0 Å². The third-order valence-electron chi connectivity index (χ3n) is 6.15. The van der Waals surface area contributed by atoms with Gasteiger partial charge in [0, 0.05) is 18.2 Å². The van der Waals surface area contributed by atoms with Crippen LogP contribution in [-0.4, -0.2) is 50.3 Å². The first-order valence-electron chi connectivity index (χ1n) is 10.9. The minimum atomic E-state index is -0.684. The van der Waals surface area contributed by atoms with Gasteiger partial charge in [-0.1, -0.05) is 30.3 Å². The number of amides is 2. The molecule has 1 heterocycles. The van der Waals surface area contributed by atoms with E-state index in [0.717, 1.165) is 5.56 Å². The second-order valence-corrected chi connectivity index (χ2v) is 8.07. The zero-order valence-electron chi connectivity index (χ0n) is 19.3. The summed E-state index contributed by atoms with van der Waals surface area (Å²) < 4.78 is 10.4. The molecule has 34 heavy (non-hydrogen) atoms. The number of benzene rings is 3. The van der Waals surface area contributed by atoms with Gasteiger partial charge in [0.1, 0.15) is 11.5 Å². The van der Waals surface area contributed by atoms with E-state index in [2.05, 4.69) is 5.32 Å². The smallest absolute Gasteiger partial charge is 0.254 e. The fourth-order valence-electron chi connectivity index (χ4n) is 4.33. The molecule has 2 atom stereocenters. The first kappa shape index (κ1) is 23.0. The summed E-state index contributed by atoms with van der Waals surface area (Å²) in [5.41, 5.74) is 2.40. The normalized spacial score (nSPS) is 17.0. The van der Waals surface area contributed by atoms with Crippen LogP contribution in [0.2, 0.25) is 0 Å². The molecular weight excluding hydrogens is 432 g/mol. The summed E-state index contributed by atoms with van der Waals surface area (Å²) in [4.78, 5) is 40.9. The highest BCUT2D eigenvalue weighted by molar-refractivity contribution is 6.03. The number of carbonyl (C=O) groups excluding carboxylic acids is 3. The van der Waals surface area contributed by atoms with Crippen LogP contribution in [-0.2, 0) is 4.79 Å². The van der Waals surface area contributed by atoms with Crippen molar-refractivity contribution in [1.82, 2.24) is 10.2 Å². The maximum atomic E-state index is 13.5. The van der Waals surface area contributed by atoms with E-state index >= 15 is 0 Å². The van der Waals surface area contributed by atoms with Gasteiger partial charge in [-0.3, -0.25) is 14.4 Å². The van der Waals surface area contributed by atoms with Crippen molar-refractivity contribution in [2.75, 3.05) is 27.8 Å². The third-order valence-corrected chi connectivity index (χ3v) is 6.15. The highest BCUT2D eigenvalue weighted by Crippen LogP contribution is 2.42. The zero-order chi connectivity index (χ0) is 24.2. The van der Waals surface area contributed by atoms with Crippen LogP contribution in [0.3, 0.4) is 0 Å². The largest absolute Gasteiger partial charge is 0.497 e. The van der Waals surface area contributed by atoms with E-state index in [1.807, 2.05) is 18.2 Å². The molecule has 0 radical (unpaired) electrons. The molecule has 2 amide bonds. The zero-order valence-corrected chi connectivity index (χ0v) is 19.3. The number of ether oxygens (including phenoxy) is 2. The number of carbonyl (C=O) groups is 3. The number of Topliss-reactive ketones (excluding diaryl/α,β-unsaturated/α-hetero) is 1. The Balaban J connectivity index is 1.63. The van der Waals surface area contributed by atoms with Crippen LogP contribution in [0.5, 0.6) is 11.5 Å². The molecule has 3 aromatic carbocycles. The Labute approximate surface area is 198 Å². The second-order valence-electron chi connectivity index (χ2n) is 8.07. The summed E-state index contributed by atoms with van der Waals surface area (Å²) in [6, 6.07) is 20.6. The van der Waals surface area contributed by atoms with Crippen LogP contribution >= 0.6 is 0 Å². The van der Waals surface area contributed by atoms with E-state index < -0.39 is 12.0 Å². The van der Waals surface area contributed by atoms with Crippen molar-refractivity contribution in [3.8, 4) is 11.5 Å². The fraction of sp³-hybridized carbons (Fsp3) is 0.222. The summed E-state index contributed by atoms with van der Waals surface area (Å²) in [6.45, 7) is -0.156. The molecule has 1 aliphatic rings. The molecule has 0 fully saturated rings. The van der Waals surface area contributed by atoms with Crippen molar-refractivity contribution in [2.45, 2.75) is 12.0 Å². The number of nitrogens with one attached hydrogen (secondary N) is 1. The molecule has 7 nitrogen and oxygen atoms in total. The summed E-state index contributed by atoms with van der Waals surface area (Å²) in [7, 11) is 4.83. The van der Waals surface area contributed by atoms with E-state index in [-0.39, 0.29) is 24.1 Å². The van der Waals surface area contributed by atoms with Gasteiger partial charge in [0.05, 0.1) is 32.7 Å². The Hall–Kier alpha value is -4.13. The lowest BCUT2D eigenvalue weighted by atomic mass is 9.79. The molecule has 174 valence electrons. The van der Waals surface area contributed by atoms with E-state index in [9.17, 15) is 14.4 Å². The number of ketones is 1. The summed E-state index contributed by atoms with van der Waals surface area (Å²) >= 11 is 0. The lowest BCUT2D eigenvalue weighted by molar-refractivity contribution is -0.123. The maximum Gasteiger partial charge on any atom is 0.254 e. The fourth-order valence-corrected chi connectivity index (χ4v) is 4.33. The molecule has 0 unspecified atom stereocenters. The minimum absolute atomic E-state index is 0.156. The van der Waals surface area contributed by atoms with Gasteiger partial charge in [-0.05, 0) is 53.6 Å². The molecule has 0 spiro atoms. The van der Waals surface area contributed by atoms with Crippen molar-refractivity contribution in [1.29, 1.82) is 0 Å². The predicted octanol–water partition coefficient (Wildman–Crippen LogP) is 3.61. The van der Waals surface area contributed by atoms with Gasteiger partial charge in [0.15, 0.2) is 5.78 Å². The molecule has 0 aromatic heterocycles. The van der Waals surface area contributed by atoms with Gasteiger partial charge < -0.3 is 19.7 Å². The van der Waals surface area contributed by atoms with E-state index in [1.165, 1.54) is 0 Å². The topological polar surface area (TPSA) is 84.9 Å². The molecule has 1 aliphatic heterocycles. The first-order valence-corrected chi connectivity index (χ1v) is 10.9. The molecular formula is C27H26N2O5. The van der Waals surface area contributed by atoms with Gasteiger partial charge in [-0.25, -0.2) is 0 Å². The highest BCUT2D eigenvalue weighted by Gasteiger charge is 2.42. The number of fused-ring (bicyclic) bond motifs is 1. The van der Waals surface area contributed by atoms with Crippen LogP contribution in [0, 0.1) is 0 Å². The van der Waals surface area contributed by atoms with Crippen molar-refractivity contribution < 1.29 is 23.9 Å². The molecule has 0 saturated carbocycles. The van der Waals surface area contributed by atoms with Gasteiger partial charge in [-0.2, -0.15) is 0 Å². The third kappa shape index (κ3) is 4.37. The number of methoxy groups -OCH3 is 2. The maximum absolute atomic E-state index is 13.5. The lowest BCUT2D eigenvalue weighted by Gasteiger charge is -2.39. The molecule has 0 aliphatic carbocycles. The van der Waals surface area contributed by atoms with Crippen LogP contribution in [0.15, 0.2) is 72.8 Å². The highest BCUT2D eigenvalue weighted by atomic mass is 16.5. The average molecular weight is 459 g/mol. The quantitative estimate of drug-likeness (QED) is 0.547. The summed E-state index contributed by atoms with van der Waals surface area (Å²) in [6.07, 6.45) is 0. The van der Waals surface area contributed by atoms with Crippen molar-refractivity contribution in [2.24, 2.45) is 0 Å². The average Bonchev–Trinajstić information content (AvgIpc) is 2.89. The van der Waals surface area contributed by atoms with E-state index in [4.69, 9.17) is 9.47 Å². The molecule has 0 saturated heterocycles. The molecule has 7 heteroatoms. The second kappa shape index (κ2) is 9.79. The molecule has 3 aromatic rings. The van der Waals surface area contributed by atoms with Crippen molar-refractivity contribution in [3.05, 3.63) is 95.1 Å². The Morgan fingerprint density at radius 1 is 0.882 bits per heavy atom. The minimum Gasteiger partial charge on any atom is -0.497 e.